The van der Waals surface area contributed by atoms with E-state index in [1.165, 1.54) is 32.1 Å². The van der Waals surface area contributed by atoms with Gasteiger partial charge in [0.2, 0.25) is 0 Å². The van der Waals surface area contributed by atoms with Crippen LogP contribution in [0.2, 0.25) is 0 Å². The molecule has 0 aromatic carbocycles. The Labute approximate surface area is 114 Å². The smallest absolute Gasteiger partial charge is 0.154 e. The van der Waals surface area contributed by atoms with Crippen molar-refractivity contribution in [3.63, 3.8) is 0 Å². The summed E-state index contributed by atoms with van der Waals surface area (Å²) in [6, 6.07) is 0. The number of aromatic nitrogens is 3. The highest BCUT2D eigenvalue weighted by Crippen LogP contribution is 2.35. The first kappa shape index (κ1) is 12.8. The monoisotopic (exact) mass is 261 g/mol. The van der Waals surface area contributed by atoms with E-state index in [1.54, 1.807) is 0 Å². The van der Waals surface area contributed by atoms with Crippen LogP contribution in [0.1, 0.15) is 49.5 Å². The van der Waals surface area contributed by atoms with Gasteiger partial charge in [0.05, 0.1) is 0 Å². The van der Waals surface area contributed by atoms with Gasteiger partial charge in [-0.15, -0.1) is 10.2 Å². The van der Waals surface area contributed by atoms with Crippen molar-refractivity contribution in [2.75, 3.05) is 31.1 Å². The van der Waals surface area contributed by atoms with E-state index in [-0.39, 0.29) is 0 Å². The van der Waals surface area contributed by atoms with Crippen molar-refractivity contribution >= 4 is 5.82 Å². The van der Waals surface area contributed by atoms with E-state index < -0.39 is 0 Å². The van der Waals surface area contributed by atoms with Gasteiger partial charge in [0.15, 0.2) is 5.82 Å². The molecule has 1 aromatic rings. The number of nitrogens with zero attached hydrogens (tertiary/aromatic N) is 4. The number of rotatable bonds is 2. The standard InChI is InChI=1S/C14H23N5/c1-11-16-14(19-9-7-15-8-10-19)13(18-17-11)12-5-3-2-4-6-12/h12,15H,2-10H2,1H3. The van der Waals surface area contributed by atoms with Crippen molar-refractivity contribution in [1.29, 1.82) is 0 Å². The van der Waals surface area contributed by atoms with Crippen LogP contribution in [0.3, 0.4) is 0 Å². The van der Waals surface area contributed by atoms with Crippen LogP contribution in [0.25, 0.3) is 0 Å². The minimum absolute atomic E-state index is 0.569. The summed E-state index contributed by atoms with van der Waals surface area (Å²) >= 11 is 0. The number of aryl methyl sites for hydroxylation is 1. The van der Waals surface area contributed by atoms with Crippen LogP contribution in [0.15, 0.2) is 0 Å². The Morgan fingerprint density at radius 2 is 1.79 bits per heavy atom. The molecule has 1 N–H and O–H groups in total. The second kappa shape index (κ2) is 5.82. The number of anilines is 1. The maximum absolute atomic E-state index is 4.70. The maximum atomic E-state index is 4.70. The predicted molar refractivity (Wildman–Crippen MR) is 75.5 cm³/mol. The van der Waals surface area contributed by atoms with Gasteiger partial charge in [0.1, 0.15) is 11.5 Å². The zero-order valence-electron chi connectivity index (χ0n) is 11.7. The molecule has 1 aliphatic heterocycles. The Bertz CT molecular complexity index is 422. The second-order valence-electron chi connectivity index (χ2n) is 5.64. The molecule has 5 heteroatoms. The predicted octanol–water partition coefficient (Wildman–Crippen LogP) is 1.64. The Morgan fingerprint density at radius 3 is 2.53 bits per heavy atom. The van der Waals surface area contributed by atoms with Crippen LogP contribution in [0.5, 0.6) is 0 Å². The average molecular weight is 261 g/mol. The van der Waals surface area contributed by atoms with Gasteiger partial charge in [-0.3, -0.25) is 0 Å². The van der Waals surface area contributed by atoms with Gasteiger partial charge in [-0.2, -0.15) is 0 Å². The first-order chi connectivity index (χ1) is 9.34. The zero-order valence-corrected chi connectivity index (χ0v) is 11.7. The highest BCUT2D eigenvalue weighted by molar-refractivity contribution is 5.45. The lowest BCUT2D eigenvalue weighted by molar-refractivity contribution is 0.430. The molecule has 0 spiro atoms. The minimum atomic E-state index is 0.569. The lowest BCUT2D eigenvalue weighted by Crippen LogP contribution is -2.44. The normalized spacial score (nSPS) is 21.6. The summed E-state index contributed by atoms with van der Waals surface area (Å²) in [5.41, 5.74) is 1.15. The van der Waals surface area contributed by atoms with E-state index >= 15 is 0 Å². The van der Waals surface area contributed by atoms with Crippen molar-refractivity contribution in [2.24, 2.45) is 0 Å². The van der Waals surface area contributed by atoms with E-state index in [2.05, 4.69) is 20.4 Å². The van der Waals surface area contributed by atoms with Crippen LogP contribution in [-0.2, 0) is 0 Å². The van der Waals surface area contributed by atoms with Gasteiger partial charge in [-0.25, -0.2) is 4.98 Å². The summed E-state index contributed by atoms with van der Waals surface area (Å²) in [6.45, 7) is 6.05. The lowest BCUT2D eigenvalue weighted by atomic mass is 9.86. The molecule has 1 aromatic heterocycles. The van der Waals surface area contributed by atoms with E-state index in [0.29, 0.717) is 5.92 Å². The van der Waals surface area contributed by atoms with Crippen LogP contribution in [-0.4, -0.2) is 41.4 Å². The third-order valence-electron chi connectivity index (χ3n) is 4.21. The maximum Gasteiger partial charge on any atom is 0.154 e. The van der Waals surface area contributed by atoms with Crippen molar-refractivity contribution in [3.05, 3.63) is 11.5 Å². The number of hydrogen-bond acceptors (Lipinski definition) is 5. The largest absolute Gasteiger partial charge is 0.352 e. The summed E-state index contributed by atoms with van der Waals surface area (Å²) in [6.07, 6.45) is 6.51. The summed E-state index contributed by atoms with van der Waals surface area (Å²) < 4.78 is 0. The fourth-order valence-electron chi connectivity index (χ4n) is 3.15. The second-order valence-corrected chi connectivity index (χ2v) is 5.64. The highest BCUT2D eigenvalue weighted by atomic mass is 15.3. The third-order valence-corrected chi connectivity index (χ3v) is 4.21. The molecule has 0 unspecified atom stereocenters. The van der Waals surface area contributed by atoms with Gasteiger partial charge in [-0.05, 0) is 19.8 Å². The first-order valence-electron chi connectivity index (χ1n) is 7.51. The highest BCUT2D eigenvalue weighted by Gasteiger charge is 2.25. The third kappa shape index (κ3) is 2.86. The summed E-state index contributed by atoms with van der Waals surface area (Å²) in [4.78, 5) is 7.07. The molecule has 2 fully saturated rings. The first-order valence-corrected chi connectivity index (χ1v) is 7.51. The summed E-state index contributed by atoms with van der Waals surface area (Å²) in [5.74, 6) is 2.45. The Balaban J connectivity index is 1.88. The Kier molecular flexibility index (Phi) is 3.92. The molecule has 2 aliphatic rings. The van der Waals surface area contributed by atoms with Crippen molar-refractivity contribution in [1.82, 2.24) is 20.5 Å². The fraction of sp³-hybridized carbons (Fsp3) is 0.786. The fourth-order valence-corrected chi connectivity index (χ4v) is 3.15. The molecular weight excluding hydrogens is 238 g/mol. The summed E-state index contributed by atoms with van der Waals surface area (Å²) in [5, 5.41) is 12.1. The molecule has 1 saturated carbocycles. The number of nitrogens with one attached hydrogen (secondary N) is 1. The molecular formula is C14H23N5. The van der Waals surface area contributed by atoms with Gasteiger partial charge >= 0.3 is 0 Å². The van der Waals surface area contributed by atoms with Gasteiger partial charge in [0, 0.05) is 32.1 Å². The van der Waals surface area contributed by atoms with E-state index in [0.717, 1.165) is 43.5 Å². The molecule has 0 atom stereocenters. The molecule has 104 valence electrons. The van der Waals surface area contributed by atoms with E-state index in [4.69, 9.17) is 4.98 Å². The van der Waals surface area contributed by atoms with Crippen molar-refractivity contribution < 1.29 is 0 Å². The minimum Gasteiger partial charge on any atom is -0.352 e. The molecule has 3 rings (SSSR count). The quantitative estimate of drug-likeness (QED) is 0.877. The van der Waals surface area contributed by atoms with Crippen LogP contribution < -0.4 is 10.2 Å². The van der Waals surface area contributed by atoms with Crippen LogP contribution in [0.4, 0.5) is 5.82 Å². The van der Waals surface area contributed by atoms with E-state index in [9.17, 15) is 0 Å². The topological polar surface area (TPSA) is 53.9 Å². The van der Waals surface area contributed by atoms with Gasteiger partial charge in [0.25, 0.3) is 0 Å². The molecule has 0 amide bonds. The Morgan fingerprint density at radius 1 is 1.05 bits per heavy atom. The molecule has 5 nitrogen and oxygen atoms in total. The molecule has 1 saturated heterocycles. The molecule has 2 heterocycles. The zero-order chi connectivity index (χ0) is 13.1. The molecule has 0 bridgehead atoms. The molecule has 19 heavy (non-hydrogen) atoms. The van der Waals surface area contributed by atoms with Gasteiger partial charge < -0.3 is 10.2 Å². The van der Waals surface area contributed by atoms with E-state index in [1.807, 2.05) is 6.92 Å². The summed E-state index contributed by atoms with van der Waals surface area (Å²) in [7, 11) is 0. The van der Waals surface area contributed by atoms with Crippen molar-refractivity contribution in [2.45, 2.75) is 44.9 Å². The van der Waals surface area contributed by atoms with Gasteiger partial charge in [-0.1, -0.05) is 19.3 Å². The van der Waals surface area contributed by atoms with Crippen LogP contribution >= 0.6 is 0 Å². The average Bonchev–Trinajstić information content (AvgIpc) is 2.49. The molecule has 0 radical (unpaired) electrons. The van der Waals surface area contributed by atoms with Crippen LogP contribution in [0, 0.1) is 6.92 Å². The van der Waals surface area contributed by atoms with Crippen molar-refractivity contribution in [3.8, 4) is 0 Å². The SMILES string of the molecule is Cc1nnc(C2CCCCC2)c(N2CCNCC2)n1. The number of hydrogen-bond donors (Lipinski definition) is 1. The number of piperazine rings is 1. The lowest BCUT2D eigenvalue weighted by Gasteiger charge is -2.31. The Hall–Kier alpha value is -1.23. The molecule has 1 aliphatic carbocycles.